The first kappa shape index (κ1) is 21.2. The summed E-state index contributed by atoms with van der Waals surface area (Å²) in [6.45, 7) is 3.65. The predicted octanol–water partition coefficient (Wildman–Crippen LogP) is 1.79. The van der Waals surface area contributed by atoms with Gasteiger partial charge < -0.3 is 10.6 Å². The summed E-state index contributed by atoms with van der Waals surface area (Å²) in [6.07, 6.45) is 4.64. The van der Waals surface area contributed by atoms with Gasteiger partial charge in [-0.1, -0.05) is 18.2 Å². The van der Waals surface area contributed by atoms with E-state index in [9.17, 15) is 12.8 Å². The van der Waals surface area contributed by atoms with E-state index >= 15 is 0 Å². The second kappa shape index (κ2) is 9.32. The van der Waals surface area contributed by atoms with Gasteiger partial charge in [0.05, 0.1) is 6.54 Å². The van der Waals surface area contributed by atoms with Crippen LogP contribution in [-0.2, 0) is 15.4 Å². The van der Waals surface area contributed by atoms with E-state index in [1.54, 1.807) is 12.1 Å². The van der Waals surface area contributed by atoms with E-state index in [4.69, 9.17) is 0 Å². The molecule has 0 aliphatic heterocycles. The number of hydrogen-bond acceptors (Lipinski definition) is 4. The maximum absolute atomic E-state index is 14.1. The van der Waals surface area contributed by atoms with Crippen molar-refractivity contribution in [2.24, 2.45) is 4.99 Å². The molecule has 3 N–H and O–H groups in total. The Morgan fingerprint density at radius 1 is 1.17 bits per heavy atom. The Balaban J connectivity index is 1.55. The van der Waals surface area contributed by atoms with Gasteiger partial charge in [-0.3, -0.25) is 9.98 Å². The third kappa shape index (κ3) is 5.51. The average Bonchev–Trinajstić information content (AvgIpc) is 3.51. The highest BCUT2D eigenvalue weighted by molar-refractivity contribution is 7.89. The Labute approximate surface area is 170 Å². The maximum Gasteiger partial charge on any atom is 0.242 e. The quantitative estimate of drug-likeness (QED) is 0.327. The first-order valence-corrected chi connectivity index (χ1v) is 11.1. The standard InChI is InChI=1S/C20H26FN5O2S/c1-2-23-19(24-12-13-26-29(27,28)16-6-5-11-22-14-16)25-15-20(9-10-20)17-7-3-4-8-18(17)21/h3-8,11,14,26H,2,9-10,12-13,15H2,1H3,(H2,23,24,25). The SMILES string of the molecule is CCNC(=NCC1(c2ccccc2F)CC1)NCCNS(=O)(=O)c1cccnc1. The van der Waals surface area contributed by atoms with Crippen molar-refractivity contribution in [1.82, 2.24) is 20.3 Å². The number of benzene rings is 1. The smallest absolute Gasteiger partial charge is 0.242 e. The molecule has 0 amide bonds. The normalized spacial score (nSPS) is 15.7. The lowest BCUT2D eigenvalue weighted by Gasteiger charge is -2.16. The van der Waals surface area contributed by atoms with Crippen molar-refractivity contribution in [1.29, 1.82) is 0 Å². The number of aromatic nitrogens is 1. The number of nitrogens with zero attached hydrogens (tertiary/aromatic N) is 2. The second-order valence-electron chi connectivity index (χ2n) is 6.97. The molecular weight excluding hydrogens is 393 g/mol. The van der Waals surface area contributed by atoms with E-state index in [2.05, 4.69) is 25.3 Å². The van der Waals surface area contributed by atoms with E-state index in [1.807, 2.05) is 19.1 Å². The molecule has 156 valence electrons. The number of guanidine groups is 1. The van der Waals surface area contributed by atoms with Gasteiger partial charge in [-0.05, 0) is 43.5 Å². The predicted molar refractivity (Wildman–Crippen MR) is 111 cm³/mol. The summed E-state index contributed by atoms with van der Waals surface area (Å²) >= 11 is 0. The van der Waals surface area contributed by atoms with Gasteiger partial charge in [-0.15, -0.1) is 0 Å². The molecule has 1 aliphatic carbocycles. The molecule has 1 saturated carbocycles. The third-order valence-corrected chi connectivity index (χ3v) is 6.28. The summed E-state index contributed by atoms with van der Waals surface area (Å²) < 4.78 is 41.1. The van der Waals surface area contributed by atoms with Crippen molar-refractivity contribution in [2.75, 3.05) is 26.2 Å². The molecular formula is C20H26FN5O2S. The minimum Gasteiger partial charge on any atom is -0.357 e. The molecule has 1 fully saturated rings. The van der Waals surface area contributed by atoms with Crippen LogP contribution < -0.4 is 15.4 Å². The number of sulfonamides is 1. The summed E-state index contributed by atoms with van der Waals surface area (Å²) in [5.74, 6) is 0.388. The van der Waals surface area contributed by atoms with Crippen LogP contribution in [0.25, 0.3) is 0 Å². The fourth-order valence-corrected chi connectivity index (χ4v) is 4.08. The number of halogens is 1. The van der Waals surface area contributed by atoms with Crippen LogP contribution in [0, 0.1) is 5.82 Å². The highest BCUT2D eigenvalue weighted by Crippen LogP contribution is 2.49. The molecule has 1 aromatic heterocycles. The van der Waals surface area contributed by atoms with E-state index in [-0.39, 0.29) is 22.7 Å². The van der Waals surface area contributed by atoms with Gasteiger partial charge in [0.2, 0.25) is 10.0 Å². The number of rotatable bonds is 9. The van der Waals surface area contributed by atoms with Gasteiger partial charge in [0.25, 0.3) is 0 Å². The van der Waals surface area contributed by atoms with Crippen molar-refractivity contribution in [2.45, 2.75) is 30.1 Å². The van der Waals surface area contributed by atoms with Crippen LogP contribution in [0.15, 0.2) is 58.7 Å². The highest BCUT2D eigenvalue weighted by Gasteiger charge is 2.45. The second-order valence-corrected chi connectivity index (χ2v) is 8.74. The van der Waals surface area contributed by atoms with Crippen molar-refractivity contribution in [3.05, 3.63) is 60.2 Å². The monoisotopic (exact) mass is 419 g/mol. The van der Waals surface area contributed by atoms with Gasteiger partial charge in [0, 0.05) is 37.4 Å². The molecule has 2 aromatic rings. The minimum atomic E-state index is -3.59. The fraction of sp³-hybridized carbons (Fsp3) is 0.400. The molecule has 0 unspecified atom stereocenters. The third-order valence-electron chi connectivity index (χ3n) is 4.84. The molecule has 9 heteroatoms. The molecule has 29 heavy (non-hydrogen) atoms. The largest absolute Gasteiger partial charge is 0.357 e. The Morgan fingerprint density at radius 2 is 1.97 bits per heavy atom. The van der Waals surface area contributed by atoms with E-state index in [0.29, 0.717) is 31.2 Å². The first-order valence-electron chi connectivity index (χ1n) is 9.64. The van der Waals surface area contributed by atoms with Crippen molar-refractivity contribution >= 4 is 16.0 Å². The van der Waals surface area contributed by atoms with E-state index in [0.717, 1.165) is 12.8 Å². The van der Waals surface area contributed by atoms with Gasteiger partial charge in [0.1, 0.15) is 10.7 Å². The maximum atomic E-state index is 14.1. The number of hydrogen-bond donors (Lipinski definition) is 3. The van der Waals surface area contributed by atoms with Gasteiger partial charge in [0.15, 0.2) is 5.96 Å². The average molecular weight is 420 g/mol. The Hall–Kier alpha value is -2.52. The number of pyridine rings is 1. The van der Waals surface area contributed by atoms with Crippen LogP contribution in [0.5, 0.6) is 0 Å². The molecule has 1 aliphatic rings. The van der Waals surface area contributed by atoms with Crippen LogP contribution in [0.4, 0.5) is 4.39 Å². The minimum absolute atomic E-state index is 0.126. The molecule has 1 aromatic carbocycles. The van der Waals surface area contributed by atoms with Gasteiger partial charge >= 0.3 is 0 Å². The van der Waals surface area contributed by atoms with Crippen LogP contribution >= 0.6 is 0 Å². The Morgan fingerprint density at radius 3 is 2.62 bits per heavy atom. The fourth-order valence-electron chi connectivity index (χ4n) is 3.08. The molecule has 0 radical (unpaired) electrons. The molecule has 1 heterocycles. The van der Waals surface area contributed by atoms with Gasteiger partial charge in [-0.25, -0.2) is 17.5 Å². The zero-order valence-corrected chi connectivity index (χ0v) is 17.2. The summed E-state index contributed by atoms with van der Waals surface area (Å²) in [4.78, 5) is 8.55. The van der Waals surface area contributed by atoms with Crippen LogP contribution in [0.1, 0.15) is 25.3 Å². The first-order chi connectivity index (χ1) is 14.0. The highest BCUT2D eigenvalue weighted by atomic mass is 32.2. The Kier molecular flexibility index (Phi) is 6.81. The zero-order chi connectivity index (χ0) is 20.7. The lowest BCUT2D eigenvalue weighted by molar-refractivity contribution is 0.572. The van der Waals surface area contributed by atoms with Crippen LogP contribution in [0.2, 0.25) is 0 Å². The summed E-state index contributed by atoms with van der Waals surface area (Å²) in [6, 6.07) is 9.91. The van der Waals surface area contributed by atoms with Crippen molar-refractivity contribution < 1.29 is 12.8 Å². The van der Waals surface area contributed by atoms with Crippen molar-refractivity contribution in [3.8, 4) is 0 Å². The van der Waals surface area contributed by atoms with Gasteiger partial charge in [-0.2, -0.15) is 0 Å². The molecule has 0 bridgehead atoms. The summed E-state index contributed by atoms with van der Waals surface area (Å²) in [5.41, 5.74) is 0.471. The van der Waals surface area contributed by atoms with Crippen LogP contribution in [0.3, 0.4) is 0 Å². The van der Waals surface area contributed by atoms with E-state index < -0.39 is 10.0 Å². The molecule has 0 saturated heterocycles. The molecule has 7 nitrogen and oxygen atoms in total. The molecule has 0 atom stereocenters. The number of nitrogens with one attached hydrogen (secondary N) is 3. The Bertz CT molecular complexity index is 946. The zero-order valence-electron chi connectivity index (χ0n) is 16.4. The molecule has 3 rings (SSSR count). The number of aliphatic imine (C=N–C) groups is 1. The van der Waals surface area contributed by atoms with Crippen molar-refractivity contribution in [3.63, 3.8) is 0 Å². The lowest BCUT2D eigenvalue weighted by atomic mass is 9.95. The topological polar surface area (TPSA) is 95.5 Å². The van der Waals surface area contributed by atoms with E-state index in [1.165, 1.54) is 24.5 Å². The van der Waals surface area contributed by atoms with Crippen LogP contribution in [-0.4, -0.2) is 45.5 Å². The summed E-state index contributed by atoms with van der Waals surface area (Å²) in [7, 11) is -3.59. The lowest BCUT2D eigenvalue weighted by Crippen LogP contribution is -2.42. The molecule has 0 spiro atoms. The summed E-state index contributed by atoms with van der Waals surface area (Å²) in [5, 5.41) is 6.25.